The molecule has 8 nitrogen and oxygen atoms in total. The fourth-order valence-corrected chi connectivity index (χ4v) is 2.75. The minimum atomic E-state index is -0.315. The molecule has 0 bridgehead atoms. The van der Waals surface area contributed by atoms with E-state index in [4.69, 9.17) is 5.26 Å². The van der Waals surface area contributed by atoms with Gasteiger partial charge in [-0.3, -0.25) is 14.7 Å². The van der Waals surface area contributed by atoms with Gasteiger partial charge in [-0.05, 0) is 6.92 Å². The highest BCUT2D eigenvalue weighted by Gasteiger charge is 2.36. The summed E-state index contributed by atoms with van der Waals surface area (Å²) in [6.45, 7) is 5.73. The number of aromatic nitrogens is 2. The first-order valence-electron chi connectivity index (χ1n) is 7.16. The van der Waals surface area contributed by atoms with Crippen molar-refractivity contribution in [2.45, 2.75) is 13.2 Å². The molecule has 1 saturated heterocycles. The summed E-state index contributed by atoms with van der Waals surface area (Å²) < 4.78 is 0. The summed E-state index contributed by atoms with van der Waals surface area (Å²) in [4.78, 5) is 23.1. The lowest BCUT2D eigenvalue weighted by molar-refractivity contribution is 0.191. The second-order valence-electron chi connectivity index (χ2n) is 5.08. The highest BCUT2D eigenvalue weighted by atomic mass is 16.1. The number of nitrogens with zero attached hydrogens (tertiary/aromatic N) is 4. The van der Waals surface area contributed by atoms with E-state index in [9.17, 15) is 4.79 Å². The van der Waals surface area contributed by atoms with Gasteiger partial charge in [-0.1, -0.05) is 5.92 Å². The van der Waals surface area contributed by atoms with Crippen molar-refractivity contribution in [3.63, 3.8) is 0 Å². The van der Waals surface area contributed by atoms with Gasteiger partial charge < -0.3 is 15.5 Å². The Kier molecular flexibility index (Phi) is 3.96. The number of nitriles is 1. The van der Waals surface area contributed by atoms with Crippen LogP contribution in [0.5, 0.6) is 0 Å². The van der Waals surface area contributed by atoms with Crippen molar-refractivity contribution in [3.05, 3.63) is 16.2 Å². The Hall–Kier alpha value is -2.55. The molecule has 0 spiro atoms. The Labute approximate surface area is 128 Å². The number of hydrogen-bond donors (Lipinski definition) is 3. The third kappa shape index (κ3) is 2.50. The van der Waals surface area contributed by atoms with E-state index in [0.29, 0.717) is 18.1 Å². The molecule has 0 saturated carbocycles. The molecule has 0 aliphatic carbocycles. The van der Waals surface area contributed by atoms with Crippen LogP contribution < -0.4 is 21.1 Å². The van der Waals surface area contributed by atoms with E-state index >= 15 is 0 Å². The van der Waals surface area contributed by atoms with Crippen LogP contribution in [0.3, 0.4) is 0 Å². The lowest BCUT2D eigenvalue weighted by Crippen LogP contribution is -2.56. The monoisotopic (exact) mass is 299 g/mol. The molecule has 1 aromatic heterocycles. The lowest BCUT2D eigenvalue weighted by atomic mass is 10.3. The molecule has 3 heterocycles. The largest absolute Gasteiger partial charge is 0.335 e. The maximum Gasteiger partial charge on any atom is 0.277 e. The number of rotatable bonds is 2. The Morgan fingerprint density at radius 1 is 1.41 bits per heavy atom. The van der Waals surface area contributed by atoms with Gasteiger partial charge in [0.25, 0.3) is 5.56 Å². The Morgan fingerprint density at radius 2 is 2.18 bits per heavy atom. The van der Waals surface area contributed by atoms with Crippen LogP contribution in [-0.4, -0.2) is 53.9 Å². The number of aromatic amines is 1. The number of piperazine rings is 1. The summed E-state index contributed by atoms with van der Waals surface area (Å²) >= 11 is 0. The van der Waals surface area contributed by atoms with Crippen molar-refractivity contribution >= 4 is 11.5 Å². The maximum atomic E-state index is 12.3. The number of hydrogen-bond acceptors (Lipinski definition) is 7. The SMILES string of the molecule is CC#CCN1c2c(nc(C#N)[nH]c2=O)NC1N1CCNCC1. The third-order valence-electron chi connectivity index (χ3n) is 3.77. The fourth-order valence-electron chi connectivity index (χ4n) is 2.75. The van der Waals surface area contributed by atoms with Crippen molar-refractivity contribution in [2.75, 3.05) is 42.9 Å². The van der Waals surface area contributed by atoms with Gasteiger partial charge in [-0.15, -0.1) is 5.92 Å². The first kappa shape index (κ1) is 14.4. The van der Waals surface area contributed by atoms with Crippen LogP contribution in [0, 0.1) is 23.2 Å². The molecule has 0 amide bonds. The Balaban J connectivity index is 1.98. The minimum Gasteiger partial charge on any atom is -0.335 e. The van der Waals surface area contributed by atoms with Crippen LogP contribution in [-0.2, 0) is 0 Å². The molecule has 114 valence electrons. The molecular weight excluding hydrogens is 282 g/mol. The van der Waals surface area contributed by atoms with Gasteiger partial charge >= 0.3 is 0 Å². The highest BCUT2D eigenvalue weighted by molar-refractivity contribution is 5.72. The molecule has 3 rings (SSSR count). The fraction of sp³-hybridized carbons (Fsp3) is 0.500. The second kappa shape index (κ2) is 6.06. The van der Waals surface area contributed by atoms with Crippen molar-refractivity contribution in [2.24, 2.45) is 0 Å². The molecule has 1 atom stereocenters. The van der Waals surface area contributed by atoms with Crippen LogP contribution in [0.25, 0.3) is 0 Å². The Bertz CT molecular complexity index is 717. The average Bonchev–Trinajstić information content (AvgIpc) is 2.92. The van der Waals surface area contributed by atoms with Gasteiger partial charge in [0.2, 0.25) is 5.82 Å². The van der Waals surface area contributed by atoms with Gasteiger partial charge in [-0.2, -0.15) is 5.26 Å². The molecule has 0 radical (unpaired) electrons. The van der Waals surface area contributed by atoms with Crippen LogP contribution in [0.15, 0.2) is 4.79 Å². The van der Waals surface area contributed by atoms with Crippen molar-refractivity contribution in [3.8, 4) is 17.9 Å². The molecule has 1 fully saturated rings. The summed E-state index contributed by atoms with van der Waals surface area (Å²) in [7, 11) is 0. The number of nitrogens with one attached hydrogen (secondary N) is 3. The molecule has 1 unspecified atom stereocenters. The predicted molar refractivity (Wildman–Crippen MR) is 82.2 cm³/mol. The highest BCUT2D eigenvalue weighted by Crippen LogP contribution is 2.30. The first-order valence-corrected chi connectivity index (χ1v) is 7.16. The van der Waals surface area contributed by atoms with Crippen LogP contribution >= 0.6 is 0 Å². The molecule has 1 aromatic rings. The van der Waals surface area contributed by atoms with E-state index < -0.39 is 0 Å². The van der Waals surface area contributed by atoms with Crippen LogP contribution in [0.4, 0.5) is 11.5 Å². The molecule has 22 heavy (non-hydrogen) atoms. The standard InChI is InChI=1S/C14H17N7O/c1-2-3-6-21-11-12(17-10(9-15)18-13(11)22)19-14(21)20-7-4-16-5-8-20/h14,16H,4-8H2,1H3,(H2,17,18,19,22). The first-order chi connectivity index (χ1) is 10.7. The zero-order valence-electron chi connectivity index (χ0n) is 12.3. The van der Waals surface area contributed by atoms with Crippen LogP contribution in [0.2, 0.25) is 0 Å². The zero-order chi connectivity index (χ0) is 15.5. The number of H-pyrrole nitrogens is 1. The summed E-state index contributed by atoms with van der Waals surface area (Å²) in [5.74, 6) is 6.32. The molecule has 2 aliphatic rings. The summed E-state index contributed by atoms with van der Waals surface area (Å²) in [5, 5.41) is 15.5. The topological polar surface area (TPSA) is 100 Å². The van der Waals surface area contributed by atoms with E-state index in [1.54, 1.807) is 6.92 Å². The number of anilines is 2. The van der Waals surface area contributed by atoms with Gasteiger partial charge in [0, 0.05) is 26.2 Å². The quantitative estimate of drug-likeness (QED) is 0.608. The molecule has 2 aliphatic heterocycles. The normalized spacial score (nSPS) is 20.5. The van der Waals surface area contributed by atoms with Gasteiger partial charge in [0.05, 0.1) is 6.54 Å². The van der Waals surface area contributed by atoms with E-state index in [1.165, 1.54) is 0 Å². The molecular formula is C14H17N7O. The van der Waals surface area contributed by atoms with E-state index in [-0.39, 0.29) is 17.7 Å². The smallest absolute Gasteiger partial charge is 0.277 e. The summed E-state index contributed by atoms with van der Waals surface area (Å²) in [6.07, 6.45) is -0.166. The zero-order valence-corrected chi connectivity index (χ0v) is 12.3. The van der Waals surface area contributed by atoms with Gasteiger partial charge in [0.15, 0.2) is 12.1 Å². The lowest BCUT2D eigenvalue weighted by Gasteiger charge is -2.37. The summed E-state index contributed by atoms with van der Waals surface area (Å²) in [6, 6.07) is 1.87. The molecule has 8 heteroatoms. The van der Waals surface area contributed by atoms with Crippen molar-refractivity contribution < 1.29 is 0 Å². The third-order valence-corrected chi connectivity index (χ3v) is 3.77. The summed E-state index contributed by atoms with van der Waals surface area (Å²) in [5.41, 5.74) is 0.134. The second-order valence-corrected chi connectivity index (χ2v) is 5.08. The van der Waals surface area contributed by atoms with E-state index in [0.717, 1.165) is 26.2 Å². The maximum absolute atomic E-state index is 12.3. The van der Waals surface area contributed by atoms with Crippen LogP contribution in [0.1, 0.15) is 12.7 Å². The van der Waals surface area contributed by atoms with E-state index in [1.807, 2.05) is 11.0 Å². The van der Waals surface area contributed by atoms with Crippen molar-refractivity contribution in [1.29, 1.82) is 5.26 Å². The Morgan fingerprint density at radius 3 is 2.86 bits per heavy atom. The molecule has 0 aromatic carbocycles. The molecule has 3 N–H and O–H groups in total. The van der Waals surface area contributed by atoms with Gasteiger partial charge in [0.1, 0.15) is 11.8 Å². The minimum absolute atomic E-state index is 0.0127. The predicted octanol–water partition coefficient (Wildman–Crippen LogP) is -0.914. The van der Waals surface area contributed by atoms with Gasteiger partial charge in [-0.25, -0.2) is 4.98 Å². The van der Waals surface area contributed by atoms with Crippen molar-refractivity contribution in [1.82, 2.24) is 20.2 Å². The van der Waals surface area contributed by atoms with E-state index in [2.05, 4.69) is 37.3 Å². The average molecular weight is 299 g/mol. The number of fused-ring (bicyclic) bond motifs is 1.